The Labute approximate surface area is 129 Å². The molecule has 6 heteroatoms. The number of ether oxygens (including phenoxy) is 2. The lowest BCUT2D eigenvalue weighted by molar-refractivity contribution is 0.358. The number of fused-ring (bicyclic) bond motifs is 1. The van der Waals surface area contributed by atoms with E-state index in [4.69, 9.17) is 9.47 Å². The SMILES string of the molecule is COc1ccc2scc(-c3nn(C)cc3Br)c2c1OC. The van der Waals surface area contributed by atoms with Crippen LogP contribution in [0.5, 0.6) is 11.5 Å². The standard InChI is InChI=1S/C14H13BrN2O2S/c1-17-6-9(15)13(16-17)8-7-20-11-5-4-10(18-2)14(19-3)12(8)11/h4-7H,1-3H3. The number of thiophene rings is 1. The molecule has 0 amide bonds. The van der Waals surface area contributed by atoms with E-state index >= 15 is 0 Å². The highest BCUT2D eigenvalue weighted by molar-refractivity contribution is 9.10. The third kappa shape index (κ3) is 1.99. The third-order valence-corrected chi connectivity index (χ3v) is 4.65. The topological polar surface area (TPSA) is 36.3 Å². The zero-order chi connectivity index (χ0) is 14.3. The molecular weight excluding hydrogens is 340 g/mol. The number of rotatable bonds is 3. The second kappa shape index (κ2) is 5.10. The third-order valence-electron chi connectivity index (χ3n) is 3.12. The van der Waals surface area contributed by atoms with Gasteiger partial charge in [0, 0.05) is 34.3 Å². The van der Waals surface area contributed by atoms with E-state index in [1.165, 1.54) is 0 Å². The van der Waals surface area contributed by atoms with Crippen molar-refractivity contribution in [3.8, 4) is 22.8 Å². The van der Waals surface area contributed by atoms with Crippen LogP contribution in [0.3, 0.4) is 0 Å². The Morgan fingerprint density at radius 3 is 2.65 bits per heavy atom. The lowest BCUT2D eigenvalue weighted by Crippen LogP contribution is -1.92. The van der Waals surface area contributed by atoms with Crippen LogP contribution in [-0.4, -0.2) is 24.0 Å². The van der Waals surface area contributed by atoms with Crippen LogP contribution in [0.4, 0.5) is 0 Å². The van der Waals surface area contributed by atoms with E-state index in [0.29, 0.717) is 0 Å². The molecule has 0 spiro atoms. The lowest BCUT2D eigenvalue weighted by Gasteiger charge is -2.09. The van der Waals surface area contributed by atoms with Crippen LogP contribution in [0.15, 0.2) is 28.2 Å². The molecule has 104 valence electrons. The minimum Gasteiger partial charge on any atom is -0.493 e. The number of hydrogen-bond acceptors (Lipinski definition) is 4. The zero-order valence-electron chi connectivity index (χ0n) is 11.3. The van der Waals surface area contributed by atoms with Gasteiger partial charge >= 0.3 is 0 Å². The maximum absolute atomic E-state index is 5.55. The Morgan fingerprint density at radius 1 is 1.25 bits per heavy atom. The van der Waals surface area contributed by atoms with Gasteiger partial charge in [-0.3, -0.25) is 4.68 Å². The highest BCUT2D eigenvalue weighted by Gasteiger charge is 2.19. The molecule has 0 N–H and O–H groups in total. The van der Waals surface area contributed by atoms with Crippen LogP contribution < -0.4 is 9.47 Å². The molecule has 0 aliphatic rings. The van der Waals surface area contributed by atoms with E-state index < -0.39 is 0 Å². The molecule has 0 fully saturated rings. The fourth-order valence-electron chi connectivity index (χ4n) is 2.26. The van der Waals surface area contributed by atoms with Crippen LogP contribution in [0.1, 0.15) is 0 Å². The molecule has 0 saturated heterocycles. The predicted molar refractivity (Wildman–Crippen MR) is 84.8 cm³/mol. The van der Waals surface area contributed by atoms with Gasteiger partial charge in [-0.2, -0.15) is 5.10 Å². The molecule has 0 radical (unpaired) electrons. The fourth-order valence-corrected chi connectivity index (χ4v) is 3.79. The zero-order valence-corrected chi connectivity index (χ0v) is 13.7. The van der Waals surface area contributed by atoms with Gasteiger partial charge in [0.1, 0.15) is 5.69 Å². The Kier molecular flexibility index (Phi) is 3.43. The molecule has 0 saturated carbocycles. The molecule has 3 rings (SSSR count). The Morgan fingerprint density at radius 2 is 2.05 bits per heavy atom. The Bertz CT molecular complexity index is 779. The summed E-state index contributed by atoms with van der Waals surface area (Å²) in [4.78, 5) is 0. The first-order valence-corrected chi connectivity index (χ1v) is 7.64. The summed E-state index contributed by atoms with van der Waals surface area (Å²) < 4.78 is 14.8. The molecule has 0 atom stereocenters. The average molecular weight is 353 g/mol. The monoisotopic (exact) mass is 352 g/mol. The van der Waals surface area contributed by atoms with E-state index in [2.05, 4.69) is 26.4 Å². The van der Waals surface area contributed by atoms with Gasteiger partial charge in [-0.15, -0.1) is 11.3 Å². The van der Waals surface area contributed by atoms with Crippen molar-refractivity contribution in [3.05, 3.63) is 28.2 Å². The lowest BCUT2D eigenvalue weighted by atomic mass is 10.1. The molecule has 20 heavy (non-hydrogen) atoms. The van der Waals surface area contributed by atoms with Gasteiger partial charge in [-0.25, -0.2) is 0 Å². The maximum atomic E-state index is 5.55. The number of methoxy groups -OCH3 is 2. The molecular formula is C14H13BrN2O2S. The van der Waals surface area contributed by atoms with Crippen LogP contribution in [0.2, 0.25) is 0 Å². The van der Waals surface area contributed by atoms with E-state index in [1.807, 2.05) is 25.4 Å². The van der Waals surface area contributed by atoms with E-state index in [9.17, 15) is 0 Å². The number of hydrogen-bond donors (Lipinski definition) is 0. The molecule has 0 bridgehead atoms. The van der Waals surface area contributed by atoms with E-state index in [0.717, 1.165) is 37.3 Å². The second-order valence-electron chi connectivity index (χ2n) is 4.32. The van der Waals surface area contributed by atoms with Crippen molar-refractivity contribution in [2.24, 2.45) is 7.05 Å². The van der Waals surface area contributed by atoms with Crippen molar-refractivity contribution < 1.29 is 9.47 Å². The summed E-state index contributed by atoms with van der Waals surface area (Å²) in [6.45, 7) is 0. The van der Waals surface area contributed by atoms with Crippen LogP contribution in [-0.2, 0) is 7.05 Å². The molecule has 1 aromatic carbocycles. The molecule has 2 aromatic heterocycles. The van der Waals surface area contributed by atoms with Gasteiger partial charge < -0.3 is 9.47 Å². The van der Waals surface area contributed by atoms with Crippen molar-refractivity contribution in [1.82, 2.24) is 9.78 Å². The van der Waals surface area contributed by atoms with Gasteiger partial charge in [-0.1, -0.05) is 0 Å². The van der Waals surface area contributed by atoms with Gasteiger partial charge in [0.15, 0.2) is 11.5 Å². The van der Waals surface area contributed by atoms with Gasteiger partial charge in [0.2, 0.25) is 0 Å². The number of halogens is 1. The fraction of sp³-hybridized carbons (Fsp3) is 0.214. The number of aryl methyl sites for hydroxylation is 1. The van der Waals surface area contributed by atoms with Crippen molar-refractivity contribution in [2.75, 3.05) is 14.2 Å². The summed E-state index contributed by atoms with van der Waals surface area (Å²) in [5.74, 6) is 1.48. The molecule has 2 heterocycles. The average Bonchev–Trinajstić information content (AvgIpc) is 3.00. The maximum Gasteiger partial charge on any atom is 0.170 e. The summed E-state index contributed by atoms with van der Waals surface area (Å²) in [5.41, 5.74) is 1.96. The molecule has 0 aliphatic heterocycles. The Balaban J connectivity index is 2.34. The molecule has 3 aromatic rings. The van der Waals surface area contributed by atoms with Crippen molar-refractivity contribution in [1.29, 1.82) is 0 Å². The van der Waals surface area contributed by atoms with Crippen LogP contribution in [0, 0.1) is 0 Å². The van der Waals surface area contributed by atoms with Crippen LogP contribution >= 0.6 is 27.3 Å². The number of benzene rings is 1. The summed E-state index contributed by atoms with van der Waals surface area (Å²) in [7, 11) is 5.21. The summed E-state index contributed by atoms with van der Waals surface area (Å²) in [6.07, 6.45) is 1.94. The second-order valence-corrected chi connectivity index (χ2v) is 6.09. The first-order chi connectivity index (χ1) is 9.65. The smallest absolute Gasteiger partial charge is 0.170 e. The van der Waals surface area contributed by atoms with E-state index in [1.54, 1.807) is 30.2 Å². The van der Waals surface area contributed by atoms with Crippen molar-refractivity contribution >= 4 is 37.4 Å². The first-order valence-electron chi connectivity index (χ1n) is 5.97. The number of nitrogens with zero attached hydrogens (tertiary/aromatic N) is 2. The quantitative estimate of drug-likeness (QED) is 0.712. The Hall–Kier alpha value is -1.53. The first kappa shape index (κ1) is 13.5. The summed E-state index contributed by atoms with van der Waals surface area (Å²) >= 11 is 5.23. The molecule has 0 unspecified atom stereocenters. The largest absolute Gasteiger partial charge is 0.493 e. The van der Waals surface area contributed by atoms with E-state index in [-0.39, 0.29) is 0 Å². The van der Waals surface area contributed by atoms with Gasteiger partial charge in [0.25, 0.3) is 0 Å². The predicted octanol–water partition coefficient (Wildman–Crippen LogP) is 4.08. The highest BCUT2D eigenvalue weighted by atomic mass is 79.9. The van der Waals surface area contributed by atoms with Gasteiger partial charge in [0.05, 0.1) is 18.7 Å². The van der Waals surface area contributed by atoms with Crippen molar-refractivity contribution in [2.45, 2.75) is 0 Å². The molecule has 0 aliphatic carbocycles. The minimum absolute atomic E-state index is 0.728. The normalized spacial score (nSPS) is 11.0. The highest BCUT2D eigenvalue weighted by Crippen LogP contribution is 2.45. The van der Waals surface area contributed by atoms with Crippen LogP contribution in [0.25, 0.3) is 21.3 Å². The summed E-state index contributed by atoms with van der Waals surface area (Å²) in [5, 5.41) is 7.65. The van der Waals surface area contributed by atoms with Gasteiger partial charge in [-0.05, 0) is 28.1 Å². The number of aromatic nitrogens is 2. The minimum atomic E-state index is 0.728. The molecule has 4 nitrogen and oxygen atoms in total. The van der Waals surface area contributed by atoms with Crippen molar-refractivity contribution in [3.63, 3.8) is 0 Å². The summed E-state index contributed by atoms with van der Waals surface area (Å²) in [6, 6.07) is 3.97.